The van der Waals surface area contributed by atoms with E-state index in [1.165, 1.54) is 0 Å². The van der Waals surface area contributed by atoms with E-state index in [1.54, 1.807) is 19.1 Å². The first-order valence-electron chi connectivity index (χ1n) is 6.73. The van der Waals surface area contributed by atoms with E-state index in [-0.39, 0.29) is 6.10 Å². The highest BCUT2D eigenvalue weighted by atomic mass is 35.5. The highest BCUT2D eigenvalue weighted by Crippen LogP contribution is 2.30. The van der Waals surface area contributed by atoms with E-state index in [4.69, 9.17) is 26.8 Å². The summed E-state index contributed by atoms with van der Waals surface area (Å²) < 4.78 is 10.6. The predicted molar refractivity (Wildman–Crippen MR) is 79.3 cm³/mol. The summed E-state index contributed by atoms with van der Waals surface area (Å²) in [6, 6.07) is 3.18. The van der Waals surface area contributed by atoms with Gasteiger partial charge in [0.05, 0.1) is 29.0 Å². The first-order chi connectivity index (χ1) is 9.61. The molecule has 3 N–H and O–H groups in total. The van der Waals surface area contributed by atoms with Crippen LogP contribution in [0.3, 0.4) is 0 Å². The molecule has 0 bridgehead atoms. The minimum absolute atomic E-state index is 0.152. The second-order valence-electron chi connectivity index (χ2n) is 4.66. The topological polar surface area (TPSA) is 73.6 Å². The number of rotatable bonds is 5. The maximum absolute atomic E-state index is 12.0. The van der Waals surface area contributed by atoms with Crippen molar-refractivity contribution in [1.29, 1.82) is 0 Å². The predicted octanol–water partition coefficient (Wildman–Crippen LogP) is 2.69. The number of hydrogen-bond acceptors (Lipinski definition) is 5. The van der Waals surface area contributed by atoms with Crippen LogP contribution in [0.25, 0.3) is 0 Å². The Morgan fingerprint density at radius 1 is 1.60 bits per heavy atom. The quantitative estimate of drug-likeness (QED) is 0.646. The minimum atomic E-state index is -0.434. The van der Waals surface area contributed by atoms with E-state index in [9.17, 15) is 4.79 Å². The monoisotopic (exact) mass is 298 g/mol. The molecule has 0 aromatic heterocycles. The first kappa shape index (κ1) is 14.9. The maximum Gasteiger partial charge on any atom is 0.340 e. The zero-order chi connectivity index (χ0) is 14.5. The standard InChI is InChI=1S/C14H19ClN2O3/c1-2-19-14(18)11-6-9(16)7-12(15)13(11)17-8-10-4-3-5-20-10/h6-7,10,17H,2-5,8,16H2,1H3. The van der Waals surface area contributed by atoms with Gasteiger partial charge in [-0.25, -0.2) is 4.79 Å². The van der Waals surface area contributed by atoms with Gasteiger partial charge < -0.3 is 20.5 Å². The van der Waals surface area contributed by atoms with Crippen molar-refractivity contribution < 1.29 is 14.3 Å². The summed E-state index contributed by atoms with van der Waals surface area (Å²) in [5, 5.41) is 3.59. The number of benzene rings is 1. The van der Waals surface area contributed by atoms with Gasteiger partial charge in [0.1, 0.15) is 0 Å². The van der Waals surface area contributed by atoms with Crippen LogP contribution in [-0.4, -0.2) is 31.8 Å². The van der Waals surface area contributed by atoms with Gasteiger partial charge >= 0.3 is 5.97 Å². The molecule has 20 heavy (non-hydrogen) atoms. The molecule has 1 aromatic carbocycles. The lowest BCUT2D eigenvalue weighted by atomic mass is 10.1. The van der Waals surface area contributed by atoms with Crippen LogP contribution in [0.5, 0.6) is 0 Å². The molecule has 0 saturated carbocycles. The third-order valence-electron chi connectivity index (χ3n) is 3.14. The molecule has 0 aliphatic carbocycles. The number of carbonyl (C=O) groups excluding carboxylic acids is 1. The number of esters is 1. The van der Waals surface area contributed by atoms with Gasteiger partial charge in [-0.2, -0.15) is 0 Å². The molecule has 1 saturated heterocycles. The Hall–Kier alpha value is -1.46. The Kier molecular flexibility index (Phi) is 5.09. The summed E-state index contributed by atoms with van der Waals surface area (Å²) >= 11 is 6.17. The van der Waals surface area contributed by atoms with Crippen LogP contribution in [0.15, 0.2) is 12.1 Å². The van der Waals surface area contributed by atoms with Crippen molar-refractivity contribution in [1.82, 2.24) is 0 Å². The third-order valence-corrected chi connectivity index (χ3v) is 3.44. The number of hydrogen-bond donors (Lipinski definition) is 2. The normalized spacial score (nSPS) is 18.0. The smallest absolute Gasteiger partial charge is 0.340 e. The van der Waals surface area contributed by atoms with Crippen molar-refractivity contribution in [3.63, 3.8) is 0 Å². The maximum atomic E-state index is 12.0. The van der Waals surface area contributed by atoms with Crippen molar-refractivity contribution in [3.8, 4) is 0 Å². The van der Waals surface area contributed by atoms with Crippen molar-refractivity contribution in [2.45, 2.75) is 25.9 Å². The summed E-state index contributed by atoms with van der Waals surface area (Å²) in [5.74, 6) is -0.434. The lowest BCUT2D eigenvalue weighted by Crippen LogP contribution is -2.20. The number of nitrogens with two attached hydrogens (primary N) is 1. The number of nitrogen functional groups attached to an aromatic ring is 1. The Morgan fingerprint density at radius 3 is 3.05 bits per heavy atom. The van der Waals surface area contributed by atoms with Crippen molar-refractivity contribution in [3.05, 3.63) is 22.7 Å². The fraction of sp³-hybridized carbons (Fsp3) is 0.500. The Bertz CT molecular complexity index is 488. The first-order valence-corrected chi connectivity index (χ1v) is 7.11. The second kappa shape index (κ2) is 6.81. The summed E-state index contributed by atoms with van der Waals surface area (Å²) in [7, 11) is 0. The fourth-order valence-electron chi connectivity index (χ4n) is 2.20. The van der Waals surface area contributed by atoms with Crippen LogP contribution in [0.4, 0.5) is 11.4 Å². The van der Waals surface area contributed by atoms with Gasteiger partial charge in [0, 0.05) is 18.8 Å². The molecule has 6 heteroatoms. The van der Waals surface area contributed by atoms with Crippen molar-refractivity contribution in [2.75, 3.05) is 30.8 Å². The number of nitrogens with one attached hydrogen (secondary N) is 1. The molecule has 1 unspecified atom stereocenters. The number of ether oxygens (including phenoxy) is 2. The van der Waals surface area contributed by atoms with Crippen LogP contribution in [0.2, 0.25) is 5.02 Å². The molecule has 2 rings (SSSR count). The zero-order valence-corrected chi connectivity index (χ0v) is 12.2. The van der Waals surface area contributed by atoms with Crippen molar-refractivity contribution in [2.24, 2.45) is 0 Å². The van der Waals surface area contributed by atoms with E-state index < -0.39 is 5.97 Å². The third kappa shape index (κ3) is 3.55. The lowest BCUT2D eigenvalue weighted by molar-refractivity contribution is 0.0527. The molecular weight excluding hydrogens is 280 g/mol. The number of carbonyl (C=O) groups is 1. The second-order valence-corrected chi connectivity index (χ2v) is 5.07. The molecule has 0 radical (unpaired) electrons. The van der Waals surface area contributed by atoms with Crippen LogP contribution in [0, 0.1) is 0 Å². The zero-order valence-electron chi connectivity index (χ0n) is 11.4. The molecule has 1 aromatic rings. The van der Waals surface area contributed by atoms with Crippen LogP contribution in [0.1, 0.15) is 30.1 Å². The minimum Gasteiger partial charge on any atom is -0.462 e. The van der Waals surface area contributed by atoms with E-state index >= 15 is 0 Å². The van der Waals surface area contributed by atoms with Gasteiger partial charge in [-0.1, -0.05) is 11.6 Å². The van der Waals surface area contributed by atoms with Crippen LogP contribution in [-0.2, 0) is 9.47 Å². The molecule has 1 fully saturated rings. The average Bonchev–Trinajstić information content (AvgIpc) is 2.90. The molecule has 1 aliphatic rings. The molecular formula is C14H19ClN2O3. The van der Waals surface area contributed by atoms with Crippen LogP contribution >= 0.6 is 11.6 Å². The number of halogens is 1. The highest BCUT2D eigenvalue weighted by Gasteiger charge is 2.20. The summed E-state index contributed by atoms with van der Waals surface area (Å²) in [5.41, 5.74) is 7.07. The van der Waals surface area contributed by atoms with Crippen molar-refractivity contribution >= 4 is 28.9 Å². The van der Waals surface area contributed by atoms with Gasteiger partial charge in [0.25, 0.3) is 0 Å². The SMILES string of the molecule is CCOC(=O)c1cc(N)cc(Cl)c1NCC1CCCO1. The van der Waals surface area contributed by atoms with E-state index in [2.05, 4.69) is 5.32 Å². The molecule has 0 amide bonds. The average molecular weight is 299 g/mol. The fourth-order valence-corrected chi connectivity index (χ4v) is 2.49. The number of anilines is 2. The Balaban J connectivity index is 2.17. The molecule has 5 nitrogen and oxygen atoms in total. The van der Waals surface area contributed by atoms with Gasteiger partial charge in [0.15, 0.2) is 0 Å². The lowest BCUT2D eigenvalue weighted by Gasteiger charge is -2.16. The molecule has 1 atom stereocenters. The largest absolute Gasteiger partial charge is 0.462 e. The molecule has 0 spiro atoms. The van der Waals surface area contributed by atoms with Gasteiger partial charge in [-0.3, -0.25) is 0 Å². The summed E-state index contributed by atoms with van der Waals surface area (Å²) in [4.78, 5) is 12.0. The van der Waals surface area contributed by atoms with Gasteiger partial charge in [-0.15, -0.1) is 0 Å². The molecule has 1 aliphatic heterocycles. The van der Waals surface area contributed by atoms with Crippen LogP contribution < -0.4 is 11.1 Å². The summed E-state index contributed by atoms with van der Waals surface area (Å²) in [6.07, 6.45) is 2.22. The Labute approximate surface area is 123 Å². The Morgan fingerprint density at radius 2 is 2.40 bits per heavy atom. The van der Waals surface area contributed by atoms with Gasteiger partial charge in [-0.05, 0) is 31.9 Å². The van der Waals surface area contributed by atoms with E-state index in [0.717, 1.165) is 19.4 Å². The summed E-state index contributed by atoms with van der Waals surface area (Å²) in [6.45, 7) is 3.45. The van der Waals surface area contributed by atoms with E-state index in [0.29, 0.717) is 35.1 Å². The molecule has 1 heterocycles. The molecule has 110 valence electrons. The highest BCUT2D eigenvalue weighted by molar-refractivity contribution is 6.34. The van der Waals surface area contributed by atoms with Gasteiger partial charge in [0.2, 0.25) is 0 Å². The van der Waals surface area contributed by atoms with E-state index in [1.807, 2.05) is 0 Å².